The summed E-state index contributed by atoms with van der Waals surface area (Å²) in [4.78, 5) is 25.4. The zero-order valence-electron chi connectivity index (χ0n) is 12.4. The number of alkyl halides is 3. The fourth-order valence-corrected chi connectivity index (χ4v) is 3.56. The Hall–Kier alpha value is -1.61. The van der Waals surface area contributed by atoms with Crippen LogP contribution in [0.3, 0.4) is 0 Å². The number of aliphatic hydroxyl groups excluding tert-OH is 1. The molecule has 0 spiro atoms. The lowest BCUT2D eigenvalue weighted by molar-refractivity contribution is -0.181. The molecule has 0 unspecified atom stereocenters. The van der Waals surface area contributed by atoms with Gasteiger partial charge in [-0.05, 0) is 18.6 Å². The number of amides is 2. The van der Waals surface area contributed by atoms with Gasteiger partial charge in [-0.1, -0.05) is 0 Å². The molecule has 2 amide bonds. The van der Waals surface area contributed by atoms with E-state index < -0.39 is 30.7 Å². The highest BCUT2D eigenvalue weighted by Gasteiger charge is 2.51. The number of aliphatic hydroxyl groups is 1. The van der Waals surface area contributed by atoms with Crippen LogP contribution in [0.15, 0.2) is 12.1 Å². The first-order chi connectivity index (χ1) is 10.7. The first-order valence-corrected chi connectivity index (χ1v) is 7.87. The van der Waals surface area contributed by atoms with Crippen LogP contribution in [0.2, 0.25) is 0 Å². The standard InChI is InChI=1S/C14H17F3N2O3S/c1-8(21)18-6-9-2-3-12(23-9)13(22)19-5-4-10(11(19)7-20)14(15,16)17/h2-3,10-11,20H,4-7H2,1H3,(H,18,21)/t10-,11-/m0/s1. The third-order valence-electron chi connectivity index (χ3n) is 3.80. The zero-order chi connectivity index (χ0) is 17.2. The van der Waals surface area contributed by atoms with E-state index in [1.165, 1.54) is 13.0 Å². The third kappa shape index (κ3) is 4.03. The van der Waals surface area contributed by atoms with Crippen molar-refractivity contribution in [1.29, 1.82) is 0 Å². The second kappa shape index (κ2) is 6.88. The van der Waals surface area contributed by atoms with Crippen molar-refractivity contribution >= 4 is 23.2 Å². The summed E-state index contributed by atoms with van der Waals surface area (Å²) in [5, 5.41) is 11.9. The maximum Gasteiger partial charge on any atom is 0.393 e. The Labute approximate surface area is 135 Å². The molecule has 0 bridgehead atoms. The van der Waals surface area contributed by atoms with E-state index in [2.05, 4.69) is 5.32 Å². The van der Waals surface area contributed by atoms with Crippen molar-refractivity contribution in [3.63, 3.8) is 0 Å². The number of carbonyl (C=O) groups excluding carboxylic acids is 2. The fourth-order valence-electron chi connectivity index (χ4n) is 2.65. The Morgan fingerprint density at radius 2 is 2.13 bits per heavy atom. The summed E-state index contributed by atoms with van der Waals surface area (Å²) in [6.07, 6.45) is -4.64. The predicted molar refractivity (Wildman–Crippen MR) is 77.9 cm³/mol. The predicted octanol–water partition coefficient (Wildman–Crippen LogP) is 1.77. The van der Waals surface area contributed by atoms with E-state index in [-0.39, 0.29) is 25.4 Å². The lowest BCUT2D eigenvalue weighted by Gasteiger charge is -2.27. The topological polar surface area (TPSA) is 69.6 Å². The van der Waals surface area contributed by atoms with Crippen molar-refractivity contribution in [2.45, 2.75) is 32.1 Å². The van der Waals surface area contributed by atoms with Gasteiger partial charge in [0, 0.05) is 18.3 Å². The van der Waals surface area contributed by atoms with Crippen molar-refractivity contribution in [1.82, 2.24) is 10.2 Å². The lowest BCUT2D eigenvalue weighted by atomic mass is 10.0. The van der Waals surface area contributed by atoms with Crippen molar-refractivity contribution < 1.29 is 27.9 Å². The van der Waals surface area contributed by atoms with Crippen LogP contribution in [-0.2, 0) is 11.3 Å². The minimum atomic E-state index is -4.44. The Bertz CT molecular complexity index is 588. The molecule has 0 saturated carbocycles. The van der Waals surface area contributed by atoms with Gasteiger partial charge in [-0.25, -0.2) is 0 Å². The number of hydrogen-bond acceptors (Lipinski definition) is 4. The van der Waals surface area contributed by atoms with Gasteiger partial charge in [-0.2, -0.15) is 13.2 Å². The summed E-state index contributed by atoms with van der Waals surface area (Å²) in [5.74, 6) is -2.43. The van der Waals surface area contributed by atoms with Crippen LogP contribution < -0.4 is 5.32 Å². The van der Waals surface area contributed by atoms with Crippen molar-refractivity contribution in [2.75, 3.05) is 13.2 Å². The van der Waals surface area contributed by atoms with E-state index in [1.54, 1.807) is 6.07 Å². The molecule has 0 aliphatic carbocycles. The summed E-state index contributed by atoms with van der Waals surface area (Å²) < 4.78 is 38.8. The van der Waals surface area contributed by atoms with Gasteiger partial charge in [0.25, 0.3) is 5.91 Å². The van der Waals surface area contributed by atoms with Crippen molar-refractivity contribution in [3.05, 3.63) is 21.9 Å². The number of likely N-dealkylation sites (tertiary alicyclic amines) is 1. The smallest absolute Gasteiger partial charge is 0.393 e. The number of thiophene rings is 1. The molecule has 1 aliphatic rings. The highest BCUT2D eigenvalue weighted by molar-refractivity contribution is 7.14. The first-order valence-electron chi connectivity index (χ1n) is 7.05. The summed E-state index contributed by atoms with van der Waals surface area (Å²) in [5.41, 5.74) is 0. The number of rotatable bonds is 4. The molecule has 2 N–H and O–H groups in total. The van der Waals surface area contributed by atoms with E-state index >= 15 is 0 Å². The quantitative estimate of drug-likeness (QED) is 0.870. The number of hydrogen-bond donors (Lipinski definition) is 2. The molecule has 2 atom stereocenters. The Balaban J connectivity index is 2.09. The lowest BCUT2D eigenvalue weighted by Crippen LogP contribution is -2.43. The minimum absolute atomic E-state index is 0.0346. The number of nitrogens with zero attached hydrogens (tertiary/aromatic N) is 1. The van der Waals surface area contributed by atoms with Crippen LogP contribution in [0, 0.1) is 5.92 Å². The van der Waals surface area contributed by atoms with Crippen LogP contribution >= 0.6 is 11.3 Å². The zero-order valence-corrected chi connectivity index (χ0v) is 13.2. The Kier molecular flexibility index (Phi) is 5.30. The second-order valence-corrected chi connectivity index (χ2v) is 6.53. The number of carbonyl (C=O) groups is 2. The van der Waals surface area contributed by atoms with Gasteiger partial charge in [0.05, 0.1) is 30.0 Å². The average Bonchev–Trinajstić information content (AvgIpc) is 3.10. The molecule has 128 valence electrons. The summed E-state index contributed by atoms with van der Waals surface area (Å²) in [6, 6.07) is 1.93. The molecule has 1 saturated heterocycles. The molecule has 0 radical (unpaired) electrons. The molecule has 9 heteroatoms. The summed E-state index contributed by atoms with van der Waals surface area (Å²) >= 11 is 1.12. The minimum Gasteiger partial charge on any atom is -0.394 e. The van der Waals surface area contributed by atoms with Crippen LogP contribution in [0.4, 0.5) is 13.2 Å². The number of nitrogens with one attached hydrogen (secondary N) is 1. The molecule has 2 heterocycles. The molecule has 1 aromatic rings. The maximum absolute atomic E-state index is 12.9. The van der Waals surface area contributed by atoms with E-state index in [1.807, 2.05) is 0 Å². The molecular formula is C14H17F3N2O3S. The second-order valence-electron chi connectivity index (χ2n) is 5.36. The van der Waals surface area contributed by atoms with Crippen molar-refractivity contribution in [3.8, 4) is 0 Å². The van der Waals surface area contributed by atoms with E-state index in [9.17, 15) is 27.9 Å². The fraction of sp³-hybridized carbons (Fsp3) is 0.571. The highest BCUT2D eigenvalue weighted by Crippen LogP contribution is 2.39. The molecule has 5 nitrogen and oxygen atoms in total. The highest BCUT2D eigenvalue weighted by atomic mass is 32.1. The van der Waals surface area contributed by atoms with Gasteiger partial charge in [-0.15, -0.1) is 11.3 Å². The molecule has 1 aliphatic heterocycles. The first kappa shape index (κ1) is 17.7. The monoisotopic (exact) mass is 350 g/mol. The normalized spacial score (nSPS) is 21.5. The van der Waals surface area contributed by atoms with Gasteiger partial charge in [0.1, 0.15) is 0 Å². The Morgan fingerprint density at radius 1 is 1.43 bits per heavy atom. The molecule has 23 heavy (non-hydrogen) atoms. The van der Waals surface area contributed by atoms with Crippen LogP contribution in [0.5, 0.6) is 0 Å². The SMILES string of the molecule is CC(=O)NCc1ccc(C(=O)N2CC[C@H](C(F)(F)F)[C@@H]2CO)s1. The Morgan fingerprint density at radius 3 is 2.70 bits per heavy atom. The van der Waals surface area contributed by atoms with Gasteiger partial charge in [0.2, 0.25) is 5.91 Å². The molecule has 2 rings (SSSR count). The molecule has 0 aromatic carbocycles. The van der Waals surface area contributed by atoms with E-state index in [0.29, 0.717) is 4.88 Å². The summed E-state index contributed by atoms with van der Waals surface area (Å²) in [6.45, 7) is 0.877. The van der Waals surface area contributed by atoms with E-state index in [0.717, 1.165) is 21.1 Å². The van der Waals surface area contributed by atoms with Gasteiger partial charge < -0.3 is 15.3 Å². The average molecular weight is 350 g/mol. The van der Waals surface area contributed by atoms with Gasteiger partial charge in [0.15, 0.2) is 0 Å². The van der Waals surface area contributed by atoms with E-state index in [4.69, 9.17) is 0 Å². The van der Waals surface area contributed by atoms with Crippen molar-refractivity contribution in [2.24, 2.45) is 5.92 Å². The molecule has 1 fully saturated rings. The largest absolute Gasteiger partial charge is 0.394 e. The van der Waals surface area contributed by atoms with Gasteiger partial charge in [-0.3, -0.25) is 9.59 Å². The van der Waals surface area contributed by atoms with Crippen LogP contribution in [0.1, 0.15) is 27.9 Å². The maximum atomic E-state index is 12.9. The number of halogens is 3. The molecule has 1 aromatic heterocycles. The van der Waals surface area contributed by atoms with Crippen LogP contribution in [-0.4, -0.2) is 47.2 Å². The summed E-state index contributed by atoms with van der Waals surface area (Å²) in [7, 11) is 0. The van der Waals surface area contributed by atoms with Crippen LogP contribution in [0.25, 0.3) is 0 Å². The third-order valence-corrected chi connectivity index (χ3v) is 4.87. The molecular weight excluding hydrogens is 333 g/mol. The van der Waals surface area contributed by atoms with Gasteiger partial charge >= 0.3 is 6.18 Å².